The van der Waals surface area contributed by atoms with Gasteiger partial charge in [-0.3, -0.25) is 4.68 Å². The fraction of sp³-hybridized carbons (Fsp3) is 0.316. The van der Waals surface area contributed by atoms with E-state index in [0.717, 1.165) is 30.6 Å². The summed E-state index contributed by atoms with van der Waals surface area (Å²) in [4.78, 5) is 9.10. The lowest BCUT2D eigenvalue weighted by Crippen LogP contribution is -2.37. The van der Waals surface area contributed by atoms with Gasteiger partial charge in [0.15, 0.2) is 5.96 Å². The number of aliphatic imine (C=N–C) groups is 1. The molecule has 0 fully saturated rings. The zero-order valence-electron chi connectivity index (χ0n) is 15.7. The van der Waals surface area contributed by atoms with Gasteiger partial charge in [-0.15, -0.1) is 24.0 Å². The Morgan fingerprint density at radius 1 is 1.11 bits per heavy atom. The van der Waals surface area contributed by atoms with Gasteiger partial charge in [0.1, 0.15) is 5.82 Å². The average Bonchev–Trinajstić information content (AvgIpc) is 3.27. The van der Waals surface area contributed by atoms with Crippen molar-refractivity contribution in [3.63, 3.8) is 0 Å². The fourth-order valence-electron chi connectivity index (χ4n) is 2.65. The van der Waals surface area contributed by atoms with Crippen LogP contribution in [0.4, 0.5) is 0 Å². The zero-order valence-corrected chi connectivity index (χ0v) is 18.0. The van der Waals surface area contributed by atoms with Gasteiger partial charge in [-0.25, -0.2) is 9.98 Å². The summed E-state index contributed by atoms with van der Waals surface area (Å²) in [6, 6.07) is 12.4. The highest BCUT2D eigenvalue weighted by atomic mass is 127. The molecule has 144 valence electrons. The number of aromatic nitrogens is 4. The maximum absolute atomic E-state index is 4.63. The van der Waals surface area contributed by atoms with Gasteiger partial charge < -0.3 is 15.2 Å². The lowest BCUT2D eigenvalue weighted by molar-refractivity contribution is 0.682. The van der Waals surface area contributed by atoms with Gasteiger partial charge in [0.2, 0.25) is 0 Å². The lowest BCUT2D eigenvalue weighted by Gasteiger charge is -2.13. The van der Waals surface area contributed by atoms with Gasteiger partial charge in [-0.05, 0) is 18.6 Å². The fourth-order valence-corrected chi connectivity index (χ4v) is 2.65. The van der Waals surface area contributed by atoms with E-state index in [1.165, 1.54) is 5.56 Å². The van der Waals surface area contributed by atoms with E-state index in [4.69, 9.17) is 0 Å². The summed E-state index contributed by atoms with van der Waals surface area (Å²) in [5.74, 6) is 1.74. The zero-order chi connectivity index (χ0) is 18.2. The molecule has 7 nitrogen and oxygen atoms in total. The first kappa shape index (κ1) is 20.9. The summed E-state index contributed by atoms with van der Waals surface area (Å²) in [6.07, 6.45) is 5.62. The molecule has 0 amide bonds. The topological polar surface area (TPSA) is 72.1 Å². The first-order chi connectivity index (χ1) is 12.8. The summed E-state index contributed by atoms with van der Waals surface area (Å²) < 4.78 is 3.98. The number of aryl methyl sites for hydroxylation is 1. The Balaban J connectivity index is 0.00000261. The molecule has 1 aromatic carbocycles. The Hall–Kier alpha value is -2.36. The van der Waals surface area contributed by atoms with Crippen LogP contribution in [-0.2, 0) is 26.7 Å². The van der Waals surface area contributed by atoms with Crippen LogP contribution in [0.2, 0.25) is 0 Å². The quantitative estimate of drug-likeness (QED) is 0.311. The average molecular weight is 479 g/mol. The van der Waals surface area contributed by atoms with Crippen LogP contribution in [0.15, 0.2) is 60.0 Å². The predicted molar refractivity (Wildman–Crippen MR) is 118 cm³/mol. The van der Waals surface area contributed by atoms with E-state index in [2.05, 4.69) is 61.5 Å². The molecule has 0 bridgehead atoms. The normalized spacial score (nSPS) is 11.1. The summed E-state index contributed by atoms with van der Waals surface area (Å²) in [6.45, 7) is 4.84. The second kappa shape index (κ2) is 10.7. The minimum atomic E-state index is 0. The highest BCUT2D eigenvalue weighted by Crippen LogP contribution is 2.05. The molecule has 0 atom stereocenters. The van der Waals surface area contributed by atoms with Crippen LogP contribution in [0, 0.1) is 0 Å². The van der Waals surface area contributed by atoms with Crippen LogP contribution in [0.3, 0.4) is 0 Å². The van der Waals surface area contributed by atoms with E-state index in [-0.39, 0.29) is 24.0 Å². The monoisotopic (exact) mass is 479 g/mol. The van der Waals surface area contributed by atoms with Gasteiger partial charge in [0.05, 0.1) is 18.8 Å². The van der Waals surface area contributed by atoms with Crippen molar-refractivity contribution in [3.05, 3.63) is 72.1 Å². The van der Waals surface area contributed by atoms with Gasteiger partial charge in [0, 0.05) is 38.7 Å². The van der Waals surface area contributed by atoms with Crippen LogP contribution in [0.1, 0.15) is 24.0 Å². The van der Waals surface area contributed by atoms with Crippen molar-refractivity contribution in [3.8, 4) is 0 Å². The number of hydrogen-bond donors (Lipinski definition) is 2. The third-order valence-electron chi connectivity index (χ3n) is 4.08. The summed E-state index contributed by atoms with van der Waals surface area (Å²) in [5.41, 5.74) is 2.32. The van der Waals surface area contributed by atoms with Gasteiger partial charge in [-0.1, -0.05) is 30.3 Å². The first-order valence-corrected chi connectivity index (χ1v) is 8.79. The minimum absolute atomic E-state index is 0. The Kier molecular flexibility index (Phi) is 8.31. The SMILES string of the molecule is CCNC(=NCc1ccnn1C)NCc1nccn1Cc1ccccc1.I. The molecular weight excluding hydrogens is 453 g/mol. The summed E-state index contributed by atoms with van der Waals surface area (Å²) in [5, 5.41) is 10.8. The Morgan fingerprint density at radius 2 is 1.93 bits per heavy atom. The van der Waals surface area contributed by atoms with Crippen LogP contribution in [0.25, 0.3) is 0 Å². The molecule has 0 saturated carbocycles. The molecule has 2 N–H and O–H groups in total. The highest BCUT2D eigenvalue weighted by Gasteiger charge is 2.06. The molecule has 0 radical (unpaired) electrons. The molecule has 2 heterocycles. The van der Waals surface area contributed by atoms with Crippen molar-refractivity contribution >= 4 is 29.9 Å². The number of halogens is 1. The molecule has 0 saturated heterocycles. The molecule has 0 aliphatic carbocycles. The van der Waals surface area contributed by atoms with Crippen molar-refractivity contribution < 1.29 is 0 Å². The summed E-state index contributed by atoms with van der Waals surface area (Å²) >= 11 is 0. The van der Waals surface area contributed by atoms with Crippen molar-refractivity contribution in [2.24, 2.45) is 12.0 Å². The van der Waals surface area contributed by atoms with Gasteiger partial charge in [0.25, 0.3) is 0 Å². The molecule has 27 heavy (non-hydrogen) atoms. The molecule has 8 heteroatoms. The largest absolute Gasteiger partial charge is 0.357 e. The number of benzene rings is 1. The second-order valence-electron chi connectivity index (χ2n) is 5.95. The third kappa shape index (κ3) is 6.09. The maximum atomic E-state index is 4.63. The number of guanidine groups is 1. The Bertz CT molecular complexity index is 839. The lowest BCUT2D eigenvalue weighted by atomic mass is 10.2. The molecule has 0 aliphatic rings. The first-order valence-electron chi connectivity index (χ1n) is 8.79. The molecule has 2 aromatic heterocycles. The van der Waals surface area contributed by atoms with E-state index < -0.39 is 0 Å². The molecule has 0 unspecified atom stereocenters. The molecule has 0 aliphatic heterocycles. The standard InChI is InChI=1S/C19H25N7.HI/c1-3-20-19(22-13-17-9-10-24-25(17)2)23-14-18-21-11-12-26(18)15-16-7-5-4-6-8-16;/h4-12H,3,13-15H2,1-2H3,(H2,20,22,23);1H. The number of imidazole rings is 1. The second-order valence-corrected chi connectivity index (χ2v) is 5.95. The van der Waals surface area contributed by atoms with Crippen molar-refractivity contribution in [2.45, 2.75) is 26.6 Å². The molecular formula is C19H26IN7. The van der Waals surface area contributed by atoms with Crippen LogP contribution >= 0.6 is 24.0 Å². The van der Waals surface area contributed by atoms with E-state index in [9.17, 15) is 0 Å². The number of hydrogen-bond acceptors (Lipinski definition) is 3. The third-order valence-corrected chi connectivity index (χ3v) is 4.08. The Labute approximate surface area is 176 Å². The van der Waals surface area contributed by atoms with Gasteiger partial charge in [-0.2, -0.15) is 5.10 Å². The predicted octanol–water partition coefficient (Wildman–Crippen LogP) is 2.54. The smallest absolute Gasteiger partial charge is 0.192 e. The number of rotatable bonds is 7. The van der Waals surface area contributed by atoms with Crippen LogP contribution in [-0.4, -0.2) is 31.8 Å². The van der Waals surface area contributed by atoms with Crippen molar-refractivity contribution in [1.82, 2.24) is 30.0 Å². The number of nitrogens with one attached hydrogen (secondary N) is 2. The number of nitrogens with zero attached hydrogens (tertiary/aromatic N) is 5. The maximum Gasteiger partial charge on any atom is 0.192 e. The van der Waals surface area contributed by atoms with E-state index in [0.29, 0.717) is 13.1 Å². The van der Waals surface area contributed by atoms with Gasteiger partial charge >= 0.3 is 0 Å². The Morgan fingerprint density at radius 3 is 2.63 bits per heavy atom. The molecule has 3 aromatic rings. The van der Waals surface area contributed by atoms with Crippen LogP contribution in [0.5, 0.6) is 0 Å². The van der Waals surface area contributed by atoms with E-state index >= 15 is 0 Å². The minimum Gasteiger partial charge on any atom is -0.357 e. The van der Waals surface area contributed by atoms with Crippen LogP contribution < -0.4 is 10.6 Å². The van der Waals surface area contributed by atoms with E-state index in [1.807, 2.05) is 36.3 Å². The van der Waals surface area contributed by atoms with Crippen molar-refractivity contribution in [2.75, 3.05) is 6.54 Å². The van der Waals surface area contributed by atoms with E-state index in [1.54, 1.807) is 6.20 Å². The molecule has 3 rings (SSSR count). The highest BCUT2D eigenvalue weighted by molar-refractivity contribution is 14.0. The van der Waals surface area contributed by atoms with Crippen molar-refractivity contribution in [1.29, 1.82) is 0 Å². The molecule has 0 spiro atoms. The summed E-state index contributed by atoms with van der Waals surface area (Å²) in [7, 11) is 1.92.